The third-order valence-corrected chi connectivity index (χ3v) is 3.95. The van der Waals surface area contributed by atoms with E-state index >= 15 is 0 Å². The van der Waals surface area contributed by atoms with Gasteiger partial charge in [0.1, 0.15) is 12.4 Å². The minimum Gasteiger partial charge on any atom is -0.488 e. The molecule has 0 saturated heterocycles. The summed E-state index contributed by atoms with van der Waals surface area (Å²) in [5.74, 6) is 0.457. The fraction of sp³-hybridized carbons (Fsp3) is 0.100. The quantitative estimate of drug-likeness (QED) is 0.761. The monoisotopic (exact) mass is 384 g/mol. The van der Waals surface area contributed by atoms with Crippen LogP contribution < -0.4 is 15.4 Å². The highest BCUT2D eigenvalue weighted by Gasteiger charge is 2.10. The number of hydrogen-bond donors (Lipinski definition) is 2. The summed E-state index contributed by atoms with van der Waals surface area (Å²) >= 11 is 5.99. The fourth-order valence-electron chi connectivity index (χ4n) is 2.47. The number of benzene rings is 2. The van der Waals surface area contributed by atoms with E-state index in [0.29, 0.717) is 23.0 Å². The largest absolute Gasteiger partial charge is 0.488 e. The van der Waals surface area contributed by atoms with E-state index in [1.54, 1.807) is 36.4 Å². The summed E-state index contributed by atoms with van der Waals surface area (Å²) in [6, 6.07) is 12.1. The molecule has 2 N–H and O–H groups in total. The molecule has 0 atom stereocenters. The number of anilines is 2. The average molecular weight is 385 g/mol. The normalized spacial score (nSPS) is 12.6. The molecule has 0 radical (unpaired) electrons. The zero-order valence-corrected chi connectivity index (χ0v) is 15.2. The number of methoxy groups -OCH3 is 1. The predicted molar refractivity (Wildman–Crippen MR) is 105 cm³/mol. The molecular formula is C20H17ClN2O4. The molecule has 0 saturated carbocycles. The van der Waals surface area contributed by atoms with Crippen LogP contribution in [0.1, 0.15) is 5.56 Å². The number of hydrogen-bond acceptors (Lipinski definition) is 4. The van der Waals surface area contributed by atoms with Crippen molar-refractivity contribution in [3.8, 4) is 5.75 Å². The Bertz CT molecular complexity index is 937. The summed E-state index contributed by atoms with van der Waals surface area (Å²) in [5.41, 5.74) is 2.78. The summed E-state index contributed by atoms with van der Waals surface area (Å²) in [5, 5.41) is 5.89. The molecule has 2 aromatic carbocycles. The average Bonchev–Trinajstić information content (AvgIpc) is 2.66. The van der Waals surface area contributed by atoms with Crippen LogP contribution in [0.25, 0.3) is 6.08 Å². The molecule has 2 amide bonds. The Balaban J connectivity index is 1.64. The van der Waals surface area contributed by atoms with Crippen LogP contribution in [0.15, 0.2) is 60.2 Å². The number of ether oxygens (including phenoxy) is 2. The van der Waals surface area contributed by atoms with Gasteiger partial charge in [0, 0.05) is 28.0 Å². The van der Waals surface area contributed by atoms with E-state index in [4.69, 9.17) is 16.3 Å². The molecule has 0 aliphatic carbocycles. The van der Waals surface area contributed by atoms with E-state index in [1.165, 1.54) is 13.2 Å². The van der Waals surface area contributed by atoms with Gasteiger partial charge in [-0.15, -0.1) is 0 Å². The number of halogens is 1. The number of rotatable bonds is 4. The van der Waals surface area contributed by atoms with Gasteiger partial charge in [-0.05, 0) is 48.0 Å². The SMILES string of the molecule is COC(=O)Nc1cccc(NC(=O)C=CC2=Cc3cc(Cl)ccc3OC2)c1. The van der Waals surface area contributed by atoms with Crippen molar-refractivity contribution in [2.24, 2.45) is 0 Å². The zero-order valence-electron chi connectivity index (χ0n) is 14.5. The van der Waals surface area contributed by atoms with E-state index in [9.17, 15) is 9.59 Å². The van der Waals surface area contributed by atoms with E-state index in [0.717, 1.165) is 16.9 Å². The minimum atomic E-state index is -0.581. The Morgan fingerprint density at radius 1 is 1.15 bits per heavy atom. The molecule has 27 heavy (non-hydrogen) atoms. The van der Waals surface area contributed by atoms with Gasteiger partial charge in [0.25, 0.3) is 0 Å². The van der Waals surface area contributed by atoms with Crippen LogP contribution in [0.2, 0.25) is 5.02 Å². The van der Waals surface area contributed by atoms with Crippen molar-refractivity contribution >= 4 is 41.1 Å². The van der Waals surface area contributed by atoms with Crippen LogP contribution in [0.5, 0.6) is 5.75 Å². The minimum absolute atomic E-state index is 0.303. The van der Waals surface area contributed by atoms with Crippen molar-refractivity contribution in [3.05, 3.63) is 70.8 Å². The first-order valence-corrected chi connectivity index (χ1v) is 8.48. The van der Waals surface area contributed by atoms with Gasteiger partial charge in [0.15, 0.2) is 0 Å². The standard InChI is InChI=1S/C20H17ClN2O4/c1-26-20(25)23-17-4-2-3-16(11-17)22-19(24)8-5-13-9-14-10-15(21)6-7-18(14)27-12-13/h2-11H,12H2,1H3,(H,22,24)(H,23,25). The number of fused-ring (bicyclic) bond motifs is 1. The Morgan fingerprint density at radius 3 is 2.70 bits per heavy atom. The molecule has 0 bridgehead atoms. The lowest BCUT2D eigenvalue weighted by atomic mass is 10.1. The molecule has 1 heterocycles. The Labute approximate surface area is 161 Å². The first-order valence-electron chi connectivity index (χ1n) is 8.10. The molecule has 0 fully saturated rings. The second kappa shape index (κ2) is 8.42. The van der Waals surface area contributed by atoms with Crippen LogP contribution in [-0.4, -0.2) is 25.7 Å². The summed E-state index contributed by atoms with van der Waals surface area (Å²) in [4.78, 5) is 23.4. The molecule has 2 aromatic rings. The fourth-order valence-corrected chi connectivity index (χ4v) is 2.65. The first-order chi connectivity index (χ1) is 13.0. The highest BCUT2D eigenvalue weighted by molar-refractivity contribution is 6.30. The van der Waals surface area contributed by atoms with Crippen molar-refractivity contribution in [1.29, 1.82) is 0 Å². The Morgan fingerprint density at radius 2 is 1.93 bits per heavy atom. The maximum Gasteiger partial charge on any atom is 0.411 e. The van der Waals surface area contributed by atoms with Crippen LogP contribution in [0.4, 0.5) is 16.2 Å². The summed E-state index contributed by atoms with van der Waals surface area (Å²) in [6.07, 6.45) is 4.46. The number of carbonyl (C=O) groups is 2. The lowest BCUT2D eigenvalue weighted by Crippen LogP contribution is -2.12. The third-order valence-electron chi connectivity index (χ3n) is 3.72. The topological polar surface area (TPSA) is 76.7 Å². The highest BCUT2D eigenvalue weighted by atomic mass is 35.5. The van der Waals surface area contributed by atoms with Gasteiger partial charge in [-0.25, -0.2) is 4.79 Å². The maximum absolute atomic E-state index is 12.1. The lowest BCUT2D eigenvalue weighted by molar-refractivity contribution is -0.111. The summed E-state index contributed by atoms with van der Waals surface area (Å²) in [6.45, 7) is 0.372. The molecule has 138 valence electrons. The summed E-state index contributed by atoms with van der Waals surface area (Å²) in [7, 11) is 1.28. The van der Waals surface area contributed by atoms with Crippen LogP contribution in [0.3, 0.4) is 0 Å². The van der Waals surface area contributed by atoms with Gasteiger partial charge in [0.05, 0.1) is 7.11 Å². The van der Waals surface area contributed by atoms with Crippen molar-refractivity contribution in [1.82, 2.24) is 0 Å². The van der Waals surface area contributed by atoms with Crippen LogP contribution in [-0.2, 0) is 9.53 Å². The predicted octanol–water partition coefficient (Wildman–Crippen LogP) is 4.49. The van der Waals surface area contributed by atoms with E-state index in [-0.39, 0.29) is 5.91 Å². The Kier molecular flexibility index (Phi) is 5.78. The van der Waals surface area contributed by atoms with Gasteiger partial charge in [-0.1, -0.05) is 23.7 Å². The van der Waals surface area contributed by atoms with E-state index < -0.39 is 6.09 Å². The van der Waals surface area contributed by atoms with Gasteiger partial charge >= 0.3 is 6.09 Å². The van der Waals surface area contributed by atoms with Gasteiger partial charge in [0.2, 0.25) is 5.91 Å². The Hall–Kier alpha value is -3.25. The second-order valence-electron chi connectivity index (χ2n) is 5.71. The lowest BCUT2D eigenvalue weighted by Gasteiger charge is -2.16. The molecule has 3 rings (SSSR count). The zero-order chi connectivity index (χ0) is 19.2. The smallest absolute Gasteiger partial charge is 0.411 e. The molecule has 6 nitrogen and oxygen atoms in total. The van der Waals surface area contributed by atoms with Gasteiger partial charge in [-0.3, -0.25) is 10.1 Å². The van der Waals surface area contributed by atoms with E-state index in [1.807, 2.05) is 18.2 Å². The van der Waals surface area contributed by atoms with Crippen LogP contribution in [0, 0.1) is 0 Å². The van der Waals surface area contributed by atoms with Crippen molar-refractivity contribution in [2.75, 3.05) is 24.4 Å². The molecule has 0 aromatic heterocycles. The number of carbonyl (C=O) groups excluding carboxylic acids is 2. The maximum atomic E-state index is 12.1. The highest BCUT2D eigenvalue weighted by Crippen LogP contribution is 2.29. The van der Waals surface area contributed by atoms with Gasteiger partial charge < -0.3 is 14.8 Å². The number of amides is 2. The van der Waals surface area contributed by atoms with Crippen molar-refractivity contribution in [3.63, 3.8) is 0 Å². The summed E-state index contributed by atoms with van der Waals surface area (Å²) < 4.78 is 10.2. The molecule has 1 aliphatic rings. The van der Waals surface area contributed by atoms with Crippen LogP contribution >= 0.6 is 11.6 Å². The van der Waals surface area contributed by atoms with Crippen molar-refractivity contribution in [2.45, 2.75) is 0 Å². The molecule has 0 unspecified atom stereocenters. The number of nitrogens with one attached hydrogen (secondary N) is 2. The van der Waals surface area contributed by atoms with Crippen molar-refractivity contribution < 1.29 is 19.1 Å². The van der Waals surface area contributed by atoms with Gasteiger partial charge in [-0.2, -0.15) is 0 Å². The second-order valence-corrected chi connectivity index (χ2v) is 6.15. The molecule has 1 aliphatic heterocycles. The third kappa shape index (κ3) is 5.12. The van der Waals surface area contributed by atoms with E-state index in [2.05, 4.69) is 15.4 Å². The molecular weight excluding hydrogens is 368 g/mol. The molecule has 0 spiro atoms. The molecule has 7 heteroatoms. The first kappa shape index (κ1) is 18.5.